The summed E-state index contributed by atoms with van der Waals surface area (Å²) in [6.45, 7) is -0.0868. The zero-order valence-corrected chi connectivity index (χ0v) is 22.1. The van der Waals surface area contributed by atoms with Gasteiger partial charge < -0.3 is 14.7 Å². The van der Waals surface area contributed by atoms with E-state index in [1.165, 1.54) is 30.7 Å². The van der Waals surface area contributed by atoms with E-state index in [0.717, 1.165) is 27.4 Å². The van der Waals surface area contributed by atoms with Crippen LogP contribution in [0, 0.1) is 11.6 Å². The number of nitrogens with zero attached hydrogens (tertiary/aromatic N) is 4. The van der Waals surface area contributed by atoms with E-state index >= 15 is 0 Å². The largest absolute Gasteiger partial charge is 0.444 e. The molecule has 0 saturated carbocycles. The van der Waals surface area contributed by atoms with Gasteiger partial charge in [0.25, 0.3) is 5.91 Å². The quantitative estimate of drug-likeness (QED) is 0.221. The van der Waals surface area contributed by atoms with Crippen LogP contribution in [0.15, 0.2) is 89.7 Å². The number of H-pyrrole nitrogens is 1. The Morgan fingerprint density at radius 2 is 1.76 bits per heavy atom. The molecule has 0 atom stereocenters. The second-order valence-corrected chi connectivity index (χ2v) is 9.86. The molecule has 0 unspecified atom stereocenters. The van der Waals surface area contributed by atoms with Gasteiger partial charge in [0.15, 0.2) is 11.5 Å². The van der Waals surface area contributed by atoms with Crippen LogP contribution in [0.3, 0.4) is 0 Å². The first-order valence-corrected chi connectivity index (χ1v) is 13.3. The van der Waals surface area contributed by atoms with Crippen molar-refractivity contribution < 1.29 is 18.0 Å². The van der Waals surface area contributed by atoms with Gasteiger partial charge in [-0.2, -0.15) is 0 Å². The van der Waals surface area contributed by atoms with Gasteiger partial charge in [-0.1, -0.05) is 24.3 Å². The maximum Gasteiger partial charge on any atom is 0.273 e. The minimum Gasteiger partial charge on any atom is -0.444 e. The van der Waals surface area contributed by atoms with Gasteiger partial charge in [-0.05, 0) is 60.5 Å². The fourth-order valence-electron chi connectivity index (χ4n) is 5.02. The lowest BCUT2D eigenvalue weighted by atomic mass is 9.98. The summed E-state index contributed by atoms with van der Waals surface area (Å²) in [5.74, 6) is -0.477. The van der Waals surface area contributed by atoms with Crippen LogP contribution < -0.4 is 5.32 Å². The Morgan fingerprint density at radius 3 is 2.64 bits per heavy atom. The van der Waals surface area contributed by atoms with Crippen molar-refractivity contribution in [3.63, 3.8) is 0 Å². The van der Waals surface area contributed by atoms with Crippen molar-refractivity contribution in [3.8, 4) is 11.5 Å². The molecule has 0 fully saturated rings. The number of nitrogens with one attached hydrogen (secondary N) is 2. The Labute approximate surface area is 237 Å². The maximum atomic E-state index is 14.2. The second-order valence-electron chi connectivity index (χ2n) is 9.86. The van der Waals surface area contributed by atoms with Gasteiger partial charge in [-0.25, -0.2) is 23.7 Å². The highest BCUT2D eigenvalue weighted by atomic mass is 19.1. The van der Waals surface area contributed by atoms with E-state index in [-0.39, 0.29) is 29.6 Å². The molecule has 0 aliphatic carbocycles. The number of aromatic nitrogens is 5. The lowest BCUT2D eigenvalue weighted by Gasteiger charge is -2.10. The first-order chi connectivity index (χ1) is 20.5. The van der Waals surface area contributed by atoms with Crippen LogP contribution in [0.1, 0.15) is 27.6 Å². The fraction of sp³-hybridized carbons (Fsp3) is 0.0938. The number of aryl methyl sites for hydroxylation is 2. The zero-order chi connectivity index (χ0) is 28.6. The van der Waals surface area contributed by atoms with E-state index in [9.17, 15) is 13.6 Å². The van der Waals surface area contributed by atoms with Gasteiger partial charge in [-0.3, -0.25) is 9.78 Å². The van der Waals surface area contributed by atoms with Crippen molar-refractivity contribution in [1.82, 2.24) is 30.2 Å². The van der Waals surface area contributed by atoms with E-state index in [1.807, 2.05) is 36.4 Å². The SMILES string of the molecule is O=C(NCc1ncccc1F)c1coc(-c2cc(CCc3nc4c(F)cccc4[nH]3)c3cc4ccccc4nc3c2)n1. The first kappa shape index (κ1) is 25.5. The molecule has 2 N–H and O–H groups in total. The van der Waals surface area contributed by atoms with Gasteiger partial charge in [0.05, 0.1) is 28.8 Å². The number of amides is 1. The molecule has 0 saturated heterocycles. The third kappa shape index (κ3) is 4.83. The predicted octanol–water partition coefficient (Wildman–Crippen LogP) is 6.31. The van der Waals surface area contributed by atoms with E-state index in [1.54, 1.807) is 12.1 Å². The van der Waals surface area contributed by atoms with Crippen molar-refractivity contribution >= 4 is 38.7 Å². The Hall–Kier alpha value is -5.51. The molecule has 0 aliphatic heterocycles. The second kappa shape index (κ2) is 10.5. The third-order valence-electron chi connectivity index (χ3n) is 7.10. The number of hydrogen-bond acceptors (Lipinski definition) is 6. The van der Waals surface area contributed by atoms with Gasteiger partial charge in [0, 0.05) is 29.0 Å². The van der Waals surface area contributed by atoms with Crippen molar-refractivity contribution in [2.75, 3.05) is 0 Å². The molecule has 42 heavy (non-hydrogen) atoms. The van der Waals surface area contributed by atoms with Crippen LogP contribution in [-0.2, 0) is 19.4 Å². The molecule has 0 aliphatic rings. The van der Waals surface area contributed by atoms with Crippen molar-refractivity contribution in [2.45, 2.75) is 19.4 Å². The molecule has 4 aromatic heterocycles. The number of aromatic amines is 1. The zero-order valence-electron chi connectivity index (χ0n) is 22.1. The average molecular weight is 561 g/mol. The number of rotatable bonds is 7. The average Bonchev–Trinajstić information content (AvgIpc) is 3.67. The molecule has 1 amide bonds. The highest BCUT2D eigenvalue weighted by Gasteiger charge is 2.17. The summed E-state index contributed by atoms with van der Waals surface area (Å²) in [5, 5.41) is 4.59. The van der Waals surface area contributed by atoms with Gasteiger partial charge in [0.1, 0.15) is 23.4 Å². The summed E-state index contributed by atoms with van der Waals surface area (Å²) in [4.78, 5) is 33.6. The third-order valence-corrected chi connectivity index (χ3v) is 7.10. The Bertz CT molecular complexity index is 2120. The number of hydrogen-bond donors (Lipinski definition) is 2. The summed E-state index contributed by atoms with van der Waals surface area (Å²) >= 11 is 0. The number of fused-ring (bicyclic) bond motifs is 3. The van der Waals surface area contributed by atoms with E-state index < -0.39 is 11.7 Å². The van der Waals surface area contributed by atoms with Crippen LogP contribution in [0.5, 0.6) is 0 Å². The summed E-state index contributed by atoms with van der Waals surface area (Å²) in [6, 6.07) is 21.4. The molecule has 3 aromatic carbocycles. The number of para-hydroxylation sites is 2. The van der Waals surface area contributed by atoms with Gasteiger partial charge in [-0.15, -0.1) is 0 Å². The number of carbonyl (C=O) groups is 1. The molecule has 206 valence electrons. The van der Waals surface area contributed by atoms with Crippen molar-refractivity contribution in [2.24, 2.45) is 0 Å². The van der Waals surface area contributed by atoms with Crippen LogP contribution in [-0.4, -0.2) is 30.8 Å². The van der Waals surface area contributed by atoms with E-state index in [4.69, 9.17) is 9.40 Å². The summed E-state index contributed by atoms with van der Waals surface area (Å²) in [5.41, 5.74) is 4.34. The standard InChI is InChI=1S/C32H22F2N6O2/c33-22-7-4-12-35-27(22)16-36-31(41)28-17-42-32(39-28)20-13-18(10-11-29-38-25-9-3-6-23(34)30(25)40-29)21-14-19-5-1-2-8-24(19)37-26(21)15-20/h1-9,12-15,17H,10-11,16H2,(H,36,41)(H,38,40). The van der Waals surface area contributed by atoms with Crippen LogP contribution in [0.4, 0.5) is 8.78 Å². The number of halogens is 2. The minimum absolute atomic E-state index is 0.0544. The molecule has 0 radical (unpaired) electrons. The minimum atomic E-state index is -0.516. The molecule has 8 nitrogen and oxygen atoms in total. The van der Waals surface area contributed by atoms with Gasteiger partial charge >= 0.3 is 0 Å². The van der Waals surface area contributed by atoms with Crippen LogP contribution in [0.2, 0.25) is 0 Å². The highest BCUT2D eigenvalue weighted by molar-refractivity contribution is 5.96. The topological polar surface area (TPSA) is 110 Å². The Kier molecular flexibility index (Phi) is 6.35. The molecule has 7 aromatic rings. The van der Waals surface area contributed by atoms with Gasteiger partial charge in [0.2, 0.25) is 5.89 Å². The van der Waals surface area contributed by atoms with E-state index in [2.05, 4.69) is 31.3 Å². The monoisotopic (exact) mass is 560 g/mol. The predicted molar refractivity (Wildman–Crippen MR) is 154 cm³/mol. The van der Waals surface area contributed by atoms with Crippen molar-refractivity contribution in [1.29, 1.82) is 0 Å². The number of oxazole rings is 1. The normalized spacial score (nSPS) is 11.5. The summed E-state index contributed by atoms with van der Waals surface area (Å²) < 4.78 is 33.8. The number of benzene rings is 3. The molecular formula is C32H22F2N6O2. The fourth-order valence-corrected chi connectivity index (χ4v) is 5.02. The molecular weight excluding hydrogens is 538 g/mol. The Morgan fingerprint density at radius 1 is 0.881 bits per heavy atom. The number of pyridine rings is 2. The smallest absolute Gasteiger partial charge is 0.273 e. The molecule has 0 bridgehead atoms. The summed E-state index contributed by atoms with van der Waals surface area (Å²) in [6.07, 6.45) is 3.83. The Balaban J connectivity index is 1.21. The lowest BCUT2D eigenvalue weighted by Crippen LogP contribution is -2.24. The molecule has 10 heteroatoms. The molecule has 0 spiro atoms. The van der Waals surface area contributed by atoms with Crippen LogP contribution >= 0.6 is 0 Å². The lowest BCUT2D eigenvalue weighted by molar-refractivity contribution is 0.0945. The summed E-state index contributed by atoms with van der Waals surface area (Å²) in [7, 11) is 0. The number of imidazole rings is 1. The molecule has 4 heterocycles. The maximum absolute atomic E-state index is 14.2. The van der Waals surface area contributed by atoms with Crippen LogP contribution in [0.25, 0.3) is 44.3 Å². The van der Waals surface area contributed by atoms with Crippen molar-refractivity contribution in [3.05, 3.63) is 120 Å². The van der Waals surface area contributed by atoms with E-state index in [0.29, 0.717) is 35.3 Å². The molecule has 7 rings (SSSR count). The number of carbonyl (C=O) groups excluding carboxylic acids is 1. The highest BCUT2D eigenvalue weighted by Crippen LogP contribution is 2.30. The first-order valence-electron chi connectivity index (χ1n) is 13.3.